The third kappa shape index (κ3) is 3.37. The molecule has 2 aliphatic carbocycles. The molecule has 132 valence electrons. The van der Waals surface area contributed by atoms with Crippen LogP contribution in [0.25, 0.3) is 0 Å². The molecule has 1 N–H and O–H groups in total. The van der Waals surface area contributed by atoms with Crippen molar-refractivity contribution in [3.63, 3.8) is 0 Å². The topological polar surface area (TPSA) is 67.4 Å². The molecule has 2 saturated carbocycles. The molecule has 4 rings (SSSR count). The first-order valence-electron chi connectivity index (χ1n) is 8.36. The van der Waals surface area contributed by atoms with E-state index in [1.54, 1.807) is 4.90 Å². The van der Waals surface area contributed by atoms with Crippen molar-refractivity contribution in [2.75, 3.05) is 25.0 Å². The number of carbonyl (C=O) groups is 1. The molecule has 9 heteroatoms. The van der Waals surface area contributed by atoms with Crippen LogP contribution in [0.5, 0.6) is 0 Å². The first-order chi connectivity index (χ1) is 11.4. The van der Waals surface area contributed by atoms with Crippen molar-refractivity contribution in [3.05, 3.63) is 5.82 Å². The molecule has 0 radical (unpaired) electrons. The van der Waals surface area contributed by atoms with E-state index in [9.17, 15) is 13.6 Å². The van der Waals surface area contributed by atoms with Crippen LogP contribution in [-0.4, -0.2) is 51.5 Å². The lowest BCUT2D eigenvalue weighted by Gasteiger charge is -2.46. The van der Waals surface area contributed by atoms with Crippen LogP contribution in [0.3, 0.4) is 0 Å². The maximum absolute atomic E-state index is 13.4. The Morgan fingerprint density at radius 2 is 2.04 bits per heavy atom. The minimum absolute atomic E-state index is 0.177. The van der Waals surface area contributed by atoms with E-state index in [0.29, 0.717) is 30.7 Å². The normalized spacial score (nSPS) is 25.7. The zero-order chi connectivity index (χ0) is 16.8. The van der Waals surface area contributed by atoms with E-state index in [1.807, 2.05) is 0 Å². The van der Waals surface area contributed by atoms with Crippen molar-refractivity contribution >= 4 is 22.7 Å². The Balaban J connectivity index is 1.37. The summed E-state index contributed by atoms with van der Waals surface area (Å²) in [6, 6.07) is -0.256. The van der Waals surface area contributed by atoms with Gasteiger partial charge in [0.15, 0.2) is 0 Å². The quantitative estimate of drug-likeness (QED) is 0.881. The van der Waals surface area contributed by atoms with Gasteiger partial charge in [0.25, 0.3) is 0 Å². The summed E-state index contributed by atoms with van der Waals surface area (Å²) < 4.78 is 36.9. The zero-order valence-electron chi connectivity index (χ0n) is 13.3. The minimum Gasteiger partial charge on any atom is -0.371 e. The Morgan fingerprint density at radius 1 is 1.29 bits per heavy atom. The summed E-state index contributed by atoms with van der Waals surface area (Å²) >= 11 is 1.19. The number of ether oxygens (including phenoxy) is 1. The summed E-state index contributed by atoms with van der Waals surface area (Å²) in [4.78, 5) is 18.5. The van der Waals surface area contributed by atoms with Crippen molar-refractivity contribution in [2.24, 2.45) is 0 Å². The Hall–Kier alpha value is -1.35. The lowest BCUT2D eigenvalue weighted by Crippen LogP contribution is -2.56. The van der Waals surface area contributed by atoms with E-state index < -0.39 is 11.5 Å². The summed E-state index contributed by atoms with van der Waals surface area (Å²) in [7, 11) is 0. The fourth-order valence-electron chi connectivity index (χ4n) is 3.36. The van der Waals surface area contributed by atoms with Gasteiger partial charge in [-0.3, -0.25) is 5.32 Å². The Kier molecular flexibility index (Phi) is 3.95. The predicted molar refractivity (Wildman–Crippen MR) is 84.6 cm³/mol. The summed E-state index contributed by atoms with van der Waals surface area (Å²) in [5, 5.41) is 3.28. The van der Waals surface area contributed by atoms with Gasteiger partial charge < -0.3 is 9.64 Å². The van der Waals surface area contributed by atoms with Gasteiger partial charge >= 0.3 is 6.03 Å². The van der Waals surface area contributed by atoms with E-state index in [2.05, 4.69) is 14.7 Å². The molecular formula is C15H20F2N4O2S. The average Bonchev–Trinajstić information content (AvgIpc) is 3.31. The van der Waals surface area contributed by atoms with Gasteiger partial charge in [-0.1, -0.05) is 0 Å². The molecule has 2 amide bonds. The van der Waals surface area contributed by atoms with Crippen LogP contribution in [0.2, 0.25) is 0 Å². The fraction of sp³-hybridized carbons (Fsp3) is 0.800. The molecule has 3 aliphatic rings. The standard InChI is InChI=1S/C15H20F2N4O2S/c16-15(17)5-3-14(4-6-15)9-21(7-8-23-14)13(22)19-12-18-11(20-24-12)10-1-2-10/h10H,1-9H2,(H,18,19,20,22). The molecule has 24 heavy (non-hydrogen) atoms. The highest BCUT2D eigenvalue weighted by molar-refractivity contribution is 7.09. The number of hydrogen-bond donors (Lipinski definition) is 1. The van der Waals surface area contributed by atoms with E-state index in [0.717, 1.165) is 18.7 Å². The van der Waals surface area contributed by atoms with Crippen LogP contribution < -0.4 is 5.32 Å². The van der Waals surface area contributed by atoms with Crippen LogP contribution in [-0.2, 0) is 4.74 Å². The third-order valence-electron chi connectivity index (χ3n) is 5.03. The van der Waals surface area contributed by atoms with Gasteiger partial charge in [0.1, 0.15) is 5.82 Å². The number of nitrogens with one attached hydrogen (secondary N) is 1. The maximum Gasteiger partial charge on any atom is 0.323 e. The van der Waals surface area contributed by atoms with E-state index in [1.165, 1.54) is 11.5 Å². The molecule has 1 saturated heterocycles. The summed E-state index contributed by atoms with van der Waals surface area (Å²) in [5.74, 6) is -1.35. The second kappa shape index (κ2) is 5.87. The molecule has 1 aromatic rings. The van der Waals surface area contributed by atoms with Crippen molar-refractivity contribution in [2.45, 2.75) is 56.0 Å². The highest BCUT2D eigenvalue weighted by atomic mass is 32.1. The molecule has 0 aromatic carbocycles. The van der Waals surface area contributed by atoms with E-state index in [4.69, 9.17) is 4.74 Å². The van der Waals surface area contributed by atoms with Gasteiger partial charge in [0.2, 0.25) is 11.1 Å². The molecule has 1 aliphatic heterocycles. The van der Waals surface area contributed by atoms with Gasteiger partial charge in [-0.05, 0) is 25.7 Å². The molecule has 3 fully saturated rings. The van der Waals surface area contributed by atoms with Crippen LogP contribution in [0, 0.1) is 0 Å². The third-order valence-corrected chi connectivity index (χ3v) is 5.67. The number of alkyl halides is 2. The highest BCUT2D eigenvalue weighted by Gasteiger charge is 2.47. The van der Waals surface area contributed by atoms with Crippen LogP contribution in [0.1, 0.15) is 50.3 Å². The number of amides is 2. The second-order valence-electron chi connectivity index (χ2n) is 6.97. The Morgan fingerprint density at radius 3 is 2.75 bits per heavy atom. The number of nitrogens with zero attached hydrogens (tertiary/aromatic N) is 3. The van der Waals surface area contributed by atoms with Crippen molar-refractivity contribution < 1.29 is 18.3 Å². The SMILES string of the molecule is O=C(Nc1nc(C2CC2)ns1)N1CCOC2(CCC(F)(F)CC2)C1. The van der Waals surface area contributed by atoms with Gasteiger partial charge in [0.05, 0.1) is 18.8 Å². The average molecular weight is 358 g/mol. The molecule has 0 bridgehead atoms. The summed E-state index contributed by atoms with van der Waals surface area (Å²) in [6.07, 6.45) is 2.44. The number of morpholine rings is 1. The first kappa shape index (κ1) is 16.1. The van der Waals surface area contributed by atoms with Crippen molar-refractivity contribution in [1.29, 1.82) is 0 Å². The Bertz CT molecular complexity index is 625. The maximum atomic E-state index is 13.4. The smallest absolute Gasteiger partial charge is 0.323 e. The molecule has 1 aromatic heterocycles. The number of anilines is 1. The number of aromatic nitrogens is 2. The lowest BCUT2D eigenvalue weighted by atomic mass is 9.81. The van der Waals surface area contributed by atoms with E-state index in [-0.39, 0.29) is 31.7 Å². The Labute approximate surface area is 142 Å². The van der Waals surface area contributed by atoms with Gasteiger partial charge in [0, 0.05) is 36.8 Å². The molecule has 1 spiro atoms. The van der Waals surface area contributed by atoms with E-state index >= 15 is 0 Å². The lowest BCUT2D eigenvalue weighted by molar-refractivity contribution is -0.157. The van der Waals surface area contributed by atoms with Crippen molar-refractivity contribution in [3.8, 4) is 0 Å². The number of carbonyl (C=O) groups excluding carboxylic acids is 1. The first-order valence-corrected chi connectivity index (χ1v) is 9.13. The molecule has 0 unspecified atom stereocenters. The fourth-order valence-corrected chi connectivity index (χ4v) is 3.99. The predicted octanol–water partition coefficient (Wildman–Crippen LogP) is 3.23. The van der Waals surface area contributed by atoms with Crippen LogP contribution in [0.15, 0.2) is 0 Å². The number of hydrogen-bond acceptors (Lipinski definition) is 5. The largest absolute Gasteiger partial charge is 0.371 e. The van der Waals surface area contributed by atoms with Crippen molar-refractivity contribution in [1.82, 2.24) is 14.3 Å². The molecule has 0 atom stereocenters. The molecular weight excluding hydrogens is 338 g/mol. The summed E-state index contributed by atoms with van der Waals surface area (Å²) in [5.41, 5.74) is -0.627. The minimum atomic E-state index is -2.61. The zero-order valence-corrected chi connectivity index (χ0v) is 14.1. The number of urea groups is 1. The van der Waals surface area contributed by atoms with Gasteiger partial charge in [-0.25, -0.2) is 18.6 Å². The number of rotatable bonds is 2. The highest BCUT2D eigenvalue weighted by Crippen LogP contribution is 2.42. The van der Waals surface area contributed by atoms with Crippen LogP contribution >= 0.6 is 11.5 Å². The molecule has 6 nitrogen and oxygen atoms in total. The molecule has 2 heterocycles. The van der Waals surface area contributed by atoms with Gasteiger partial charge in [-0.15, -0.1) is 0 Å². The number of halogens is 2. The van der Waals surface area contributed by atoms with Crippen LogP contribution in [0.4, 0.5) is 18.7 Å². The summed E-state index contributed by atoms with van der Waals surface area (Å²) in [6.45, 7) is 1.18. The second-order valence-corrected chi connectivity index (χ2v) is 7.72. The monoisotopic (exact) mass is 358 g/mol. The van der Waals surface area contributed by atoms with Gasteiger partial charge in [-0.2, -0.15) is 4.37 Å².